The molecule has 1 atom stereocenters. The Labute approximate surface area is 213 Å². The molecule has 0 spiro atoms. The molecule has 0 aliphatic heterocycles. The van der Waals surface area contributed by atoms with Crippen LogP contribution in [-0.2, 0) is 0 Å². The number of hydrogen-bond donors (Lipinski definition) is 2. The standard InChI is InChI=1S/C25H28ClN7O3/c1-13-19(26)9-18(15(3)33-24-21(14(2)31-33)23(27)29-12-30-24)22(36-5)20(13)16-8-17(11-28-10-16)25(35)32(4)6-7-34/h8-12,15,34H,6-7H2,1-5H3,(H2,27,29,30). The number of likely N-dealkylation sites (N-methyl/N-ethyl adjacent to an activating group) is 1. The van der Waals surface area contributed by atoms with E-state index in [1.165, 1.54) is 17.4 Å². The van der Waals surface area contributed by atoms with Crippen LogP contribution in [0.2, 0.25) is 5.02 Å². The van der Waals surface area contributed by atoms with Crippen molar-refractivity contribution >= 4 is 34.4 Å². The molecule has 0 aliphatic rings. The van der Waals surface area contributed by atoms with Crippen molar-refractivity contribution in [2.75, 3.05) is 33.0 Å². The Bertz CT molecular complexity index is 1450. The number of pyridine rings is 1. The fourth-order valence-electron chi connectivity index (χ4n) is 4.36. The molecule has 3 N–H and O–H groups in total. The maximum absolute atomic E-state index is 12.8. The average Bonchev–Trinajstić information content (AvgIpc) is 3.22. The van der Waals surface area contributed by atoms with Gasteiger partial charge in [0.05, 0.1) is 36.4 Å². The Kier molecular flexibility index (Phi) is 7.09. The number of methoxy groups -OCH3 is 1. The summed E-state index contributed by atoms with van der Waals surface area (Å²) >= 11 is 6.72. The minimum Gasteiger partial charge on any atom is -0.496 e. The lowest BCUT2D eigenvalue weighted by molar-refractivity contribution is 0.0766. The number of aromatic nitrogens is 5. The van der Waals surface area contributed by atoms with E-state index in [9.17, 15) is 9.90 Å². The second-order valence-electron chi connectivity index (χ2n) is 8.56. The summed E-state index contributed by atoms with van der Waals surface area (Å²) in [7, 11) is 3.22. The lowest BCUT2D eigenvalue weighted by atomic mass is 9.94. The van der Waals surface area contributed by atoms with E-state index in [0.29, 0.717) is 38.8 Å². The van der Waals surface area contributed by atoms with Gasteiger partial charge in [0, 0.05) is 47.7 Å². The van der Waals surface area contributed by atoms with E-state index in [0.717, 1.165) is 22.4 Å². The summed E-state index contributed by atoms with van der Waals surface area (Å²) in [5, 5.41) is 15.1. The van der Waals surface area contributed by atoms with Gasteiger partial charge >= 0.3 is 0 Å². The van der Waals surface area contributed by atoms with Crippen molar-refractivity contribution in [3.8, 4) is 16.9 Å². The summed E-state index contributed by atoms with van der Waals surface area (Å²) in [6.45, 7) is 5.81. The zero-order valence-electron chi connectivity index (χ0n) is 20.8. The second kappa shape index (κ2) is 10.1. The number of anilines is 1. The van der Waals surface area contributed by atoms with Crippen LogP contribution in [0, 0.1) is 13.8 Å². The first kappa shape index (κ1) is 25.3. The molecule has 188 valence electrons. The number of benzene rings is 1. The number of ether oxygens (including phenoxy) is 1. The van der Waals surface area contributed by atoms with E-state index < -0.39 is 0 Å². The number of nitrogens with two attached hydrogens (primary N) is 1. The van der Waals surface area contributed by atoms with Crippen LogP contribution >= 0.6 is 11.6 Å². The van der Waals surface area contributed by atoms with Crippen LogP contribution in [0.5, 0.6) is 5.75 Å². The first-order chi connectivity index (χ1) is 17.2. The fraction of sp³-hybridized carbons (Fsp3) is 0.320. The summed E-state index contributed by atoms with van der Waals surface area (Å²) in [6, 6.07) is 3.28. The molecule has 0 saturated carbocycles. The molecule has 36 heavy (non-hydrogen) atoms. The molecule has 4 aromatic rings. The molecule has 0 fully saturated rings. The van der Waals surface area contributed by atoms with Crippen LogP contribution in [0.25, 0.3) is 22.2 Å². The van der Waals surface area contributed by atoms with Crippen LogP contribution in [0.15, 0.2) is 30.9 Å². The topological polar surface area (TPSA) is 132 Å². The molecule has 3 aromatic heterocycles. The van der Waals surface area contributed by atoms with Gasteiger partial charge in [-0.1, -0.05) is 11.6 Å². The van der Waals surface area contributed by atoms with E-state index in [1.54, 1.807) is 31.1 Å². The Hall–Kier alpha value is -3.76. The van der Waals surface area contributed by atoms with Crippen LogP contribution < -0.4 is 10.5 Å². The molecule has 0 saturated heterocycles. The van der Waals surface area contributed by atoms with Gasteiger partial charge in [0.2, 0.25) is 0 Å². The Balaban J connectivity index is 1.88. The molecule has 0 aliphatic carbocycles. The smallest absolute Gasteiger partial charge is 0.255 e. The summed E-state index contributed by atoms with van der Waals surface area (Å²) in [6.07, 6.45) is 4.58. The highest BCUT2D eigenvalue weighted by Crippen LogP contribution is 2.43. The SMILES string of the molecule is COc1c(C(C)n2nc(C)c3c(N)ncnc32)cc(Cl)c(C)c1-c1cncc(C(=O)N(C)CCO)c1. The number of aliphatic hydroxyl groups excluding tert-OH is 1. The molecular weight excluding hydrogens is 482 g/mol. The molecule has 0 radical (unpaired) electrons. The van der Waals surface area contributed by atoms with Crippen LogP contribution in [-0.4, -0.2) is 68.0 Å². The molecule has 4 rings (SSSR count). The van der Waals surface area contributed by atoms with Crippen LogP contribution in [0.1, 0.15) is 40.1 Å². The monoisotopic (exact) mass is 509 g/mol. The summed E-state index contributed by atoms with van der Waals surface area (Å²) < 4.78 is 7.70. The molecule has 1 amide bonds. The number of fused-ring (bicyclic) bond motifs is 1. The Morgan fingerprint density at radius 3 is 2.72 bits per heavy atom. The number of carbonyl (C=O) groups excluding carboxylic acids is 1. The third kappa shape index (κ3) is 4.33. The Morgan fingerprint density at radius 1 is 1.28 bits per heavy atom. The lowest BCUT2D eigenvalue weighted by Gasteiger charge is -2.22. The van der Waals surface area contributed by atoms with Gasteiger partial charge in [-0.25, -0.2) is 14.6 Å². The molecule has 11 heteroatoms. The van der Waals surface area contributed by atoms with Crippen molar-refractivity contribution in [2.45, 2.75) is 26.8 Å². The third-order valence-electron chi connectivity index (χ3n) is 6.27. The van der Waals surface area contributed by atoms with Crippen molar-refractivity contribution in [1.29, 1.82) is 0 Å². The maximum Gasteiger partial charge on any atom is 0.255 e. The van der Waals surface area contributed by atoms with Crippen molar-refractivity contribution in [3.05, 3.63) is 58.3 Å². The number of nitrogen functional groups attached to an aromatic ring is 1. The highest BCUT2D eigenvalue weighted by molar-refractivity contribution is 6.32. The van der Waals surface area contributed by atoms with Gasteiger partial charge in [0.25, 0.3) is 5.91 Å². The number of aryl methyl sites for hydroxylation is 1. The molecule has 3 heterocycles. The summed E-state index contributed by atoms with van der Waals surface area (Å²) in [4.78, 5) is 27.1. The van der Waals surface area contributed by atoms with Gasteiger partial charge in [-0.2, -0.15) is 5.10 Å². The van der Waals surface area contributed by atoms with Crippen molar-refractivity contribution in [1.82, 2.24) is 29.6 Å². The van der Waals surface area contributed by atoms with Gasteiger partial charge in [0.1, 0.15) is 17.9 Å². The summed E-state index contributed by atoms with van der Waals surface area (Å²) in [5.74, 6) is 0.702. The van der Waals surface area contributed by atoms with E-state index in [2.05, 4.69) is 20.1 Å². The third-order valence-corrected chi connectivity index (χ3v) is 6.67. The second-order valence-corrected chi connectivity index (χ2v) is 8.96. The van der Waals surface area contributed by atoms with Gasteiger partial charge in [-0.3, -0.25) is 9.78 Å². The highest BCUT2D eigenvalue weighted by Gasteiger charge is 2.25. The summed E-state index contributed by atoms with van der Waals surface area (Å²) in [5.41, 5.74) is 10.8. The number of aliphatic hydroxyl groups is 1. The van der Waals surface area contributed by atoms with Gasteiger partial charge in [-0.15, -0.1) is 0 Å². The van der Waals surface area contributed by atoms with Crippen LogP contribution in [0.3, 0.4) is 0 Å². The first-order valence-electron chi connectivity index (χ1n) is 11.3. The highest BCUT2D eigenvalue weighted by atomic mass is 35.5. The Morgan fingerprint density at radius 2 is 2.03 bits per heavy atom. The van der Waals surface area contributed by atoms with Crippen molar-refractivity contribution in [2.24, 2.45) is 0 Å². The average molecular weight is 510 g/mol. The van der Waals surface area contributed by atoms with Gasteiger partial charge < -0.3 is 20.5 Å². The number of halogens is 1. The predicted octanol–water partition coefficient (Wildman–Crippen LogP) is 3.42. The van der Waals surface area contributed by atoms with E-state index in [1.807, 2.05) is 26.8 Å². The van der Waals surface area contributed by atoms with E-state index >= 15 is 0 Å². The molecule has 10 nitrogen and oxygen atoms in total. The number of rotatable bonds is 7. The number of nitrogens with zero attached hydrogens (tertiary/aromatic N) is 6. The van der Waals surface area contributed by atoms with Crippen molar-refractivity contribution in [3.63, 3.8) is 0 Å². The minimum atomic E-state index is -0.323. The largest absolute Gasteiger partial charge is 0.496 e. The molecule has 1 aromatic carbocycles. The quantitative estimate of drug-likeness (QED) is 0.387. The number of carbonyl (C=O) groups is 1. The predicted molar refractivity (Wildman–Crippen MR) is 138 cm³/mol. The normalized spacial score (nSPS) is 12.1. The zero-order valence-corrected chi connectivity index (χ0v) is 21.5. The fourth-order valence-corrected chi connectivity index (χ4v) is 4.57. The number of hydrogen-bond acceptors (Lipinski definition) is 8. The lowest BCUT2D eigenvalue weighted by Crippen LogP contribution is -2.29. The first-order valence-corrected chi connectivity index (χ1v) is 11.7. The zero-order chi connectivity index (χ0) is 26.1. The van der Waals surface area contributed by atoms with Crippen LogP contribution in [0.4, 0.5) is 5.82 Å². The molecule has 0 bridgehead atoms. The number of amides is 1. The molecular formula is C25H28ClN7O3. The van der Waals surface area contributed by atoms with Gasteiger partial charge in [0.15, 0.2) is 5.65 Å². The minimum absolute atomic E-state index is 0.129. The van der Waals surface area contributed by atoms with E-state index in [4.69, 9.17) is 22.1 Å². The van der Waals surface area contributed by atoms with Gasteiger partial charge in [-0.05, 0) is 38.5 Å². The maximum atomic E-state index is 12.8. The van der Waals surface area contributed by atoms with Crippen molar-refractivity contribution < 1.29 is 14.6 Å². The van der Waals surface area contributed by atoms with E-state index in [-0.39, 0.29) is 25.1 Å². The molecule has 1 unspecified atom stereocenters.